The number of hydrogen-bond acceptors (Lipinski definition) is 2. The Morgan fingerprint density at radius 3 is 2.65 bits per heavy atom. The van der Waals surface area contributed by atoms with Crippen LogP contribution in [-0.4, -0.2) is 19.5 Å². The van der Waals surface area contributed by atoms with Crippen molar-refractivity contribution in [2.75, 3.05) is 7.05 Å². The van der Waals surface area contributed by atoms with Crippen LogP contribution in [0.4, 0.5) is 8.78 Å². The molecule has 2 atom stereocenters. The molecule has 92 valence electrons. The standard InChI is InChI=1S/C13H15F2NS/c1-8(16-2)12(13(14)15)10-3-4-11-9(7-10)5-6-17-11/h3-8,12-13,16H,1-2H3. The molecule has 0 saturated heterocycles. The van der Waals surface area contributed by atoms with Gasteiger partial charge in [-0.3, -0.25) is 0 Å². The Bertz CT molecular complexity index is 495. The zero-order valence-corrected chi connectivity index (χ0v) is 10.6. The number of hydrogen-bond donors (Lipinski definition) is 1. The molecule has 0 aliphatic rings. The average molecular weight is 255 g/mol. The molecule has 0 amide bonds. The first-order valence-electron chi connectivity index (χ1n) is 5.56. The van der Waals surface area contributed by atoms with Crippen LogP contribution >= 0.6 is 11.3 Å². The Hall–Kier alpha value is -1.00. The van der Waals surface area contributed by atoms with Crippen LogP contribution in [0.15, 0.2) is 29.6 Å². The van der Waals surface area contributed by atoms with Gasteiger partial charge in [-0.05, 0) is 48.5 Å². The molecule has 4 heteroatoms. The van der Waals surface area contributed by atoms with Gasteiger partial charge in [0.15, 0.2) is 0 Å². The number of likely N-dealkylation sites (N-methyl/N-ethyl adjacent to an activating group) is 1. The molecule has 0 bridgehead atoms. The topological polar surface area (TPSA) is 12.0 Å². The number of nitrogens with one attached hydrogen (secondary N) is 1. The molecule has 0 aliphatic heterocycles. The molecule has 1 nitrogen and oxygen atoms in total. The maximum Gasteiger partial charge on any atom is 0.246 e. The Balaban J connectivity index is 2.40. The van der Waals surface area contributed by atoms with Crippen LogP contribution in [0, 0.1) is 0 Å². The Morgan fingerprint density at radius 1 is 1.24 bits per heavy atom. The van der Waals surface area contributed by atoms with Gasteiger partial charge in [-0.1, -0.05) is 6.07 Å². The third-order valence-electron chi connectivity index (χ3n) is 3.13. The summed E-state index contributed by atoms with van der Waals surface area (Å²) in [5.74, 6) is -0.760. The lowest BCUT2D eigenvalue weighted by Crippen LogP contribution is -2.33. The van der Waals surface area contributed by atoms with Crippen molar-refractivity contribution in [3.8, 4) is 0 Å². The summed E-state index contributed by atoms with van der Waals surface area (Å²) < 4.78 is 27.4. The molecule has 0 saturated carbocycles. The molecule has 2 aromatic rings. The normalized spacial score (nSPS) is 15.4. The van der Waals surface area contributed by atoms with E-state index in [0.717, 1.165) is 10.1 Å². The van der Waals surface area contributed by atoms with Gasteiger partial charge in [-0.25, -0.2) is 8.78 Å². The fourth-order valence-corrected chi connectivity index (χ4v) is 2.80. The van der Waals surface area contributed by atoms with Crippen molar-refractivity contribution >= 4 is 21.4 Å². The van der Waals surface area contributed by atoms with E-state index in [1.807, 2.05) is 29.6 Å². The smallest absolute Gasteiger partial charge is 0.246 e. The van der Waals surface area contributed by atoms with Gasteiger partial charge in [-0.2, -0.15) is 0 Å². The summed E-state index contributed by atoms with van der Waals surface area (Å²) in [6.07, 6.45) is -2.35. The van der Waals surface area contributed by atoms with E-state index in [2.05, 4.69) is 5.32 Å². The summed E-state index contributed by atoms with van der Waals surface area (Å²) in [6, 6.07) is 7.33. The summed E-state index contributed by atoms with van der Waals surface area (Å²) in [4.78, 5) is 0. The van der Waals surface area contributed by atoms with E-state index in [1.165, 1.54) is 0 Å². The van der Waals surface area contributed by atoms with Gasteiger partial charge in [0, 0.05) is 10.7 Å². The highest BCUT2D eigenvalue weighted by molar-refractivity contribution is 7.17. The molecule has 0 fully saturated rings. The van der Waals surface area contributed by atoms with E-state index >= 15 is 0 Å². The number of halogens is 2. The second kappa shape index (κ2) is 5.10. The van der Waals surface area contributed by atoms with Crippen molar-refractivity contribution in [2.24, 2.45) is 0 Å². The molecule has 1 N–H and O–H groups in total. The SMILES string of the molecule is CNC(C)C(c1ccc2sccc2c1)C(F)F. The van der Waals surface area contributed by atoms with Crippen LogP contribution in [0.2, 0.25) is 0 Å². The molecular formula is C13H15F2NS. The minimum atomic E-state index is -2.35. The predicted octanol–water partition coefficient (Wildman–Crippen LogP) is 3.86. The first-order valence-corrected chi connectivity index (χ1v) is 6.44. The fraction of sp³-hybridized carbons (Fsp3) is 0.385. The van der Waals surface area contributed by atoms with Crippen molar-refractivity contribution in [3.63, 3.8) is 0 Å². The molecule has 2 rings (SSSR count). The molecule has 0 aliphatic carbocycles. The van der Waals surface area contributed by atoms with E-state index in [0.29, 0.717) is 5.56 Å². The predicted molar refractivity (Wildman–Crippen MR) is 69.1 cm³/mol. The first-order chi connectivity index (χ1) is 8.13. The summed E-state index contributed by atoms with van der Waals surface area (Å²) in [7, 11) is 1.71. The van der Waals surface area contributed by atoms with Gasteiger partial charge in [0.05, 0.1) is 5.92 Å². The van der Waals surface area contributed by atoms with Crippen LogP contribution < -0.4 is 5.32 Å². The molecule has 0 radical (unpaired) electrons. The van der Waals surface area contributed by atoms with E-state index in [1.54, 1.807) is 25.3 Å². The van der Waals surface area contributed by atoms with Crippen LogP contribution in [0.5, 0.6) is 0 Å². The number of alkyl halides is 2. The van der Waals surface area contributed by atoms with Crippen LogP contribution in [0.3, 0.4) is 0 Å². The lowest BCUT2D eigenvalue weighted by Gasteiger charge is -2.23. The molecule has 1 heterocycles. The molecule has 1 aromatic heterocycles. The van der Waals surface area contributed by atoms with Crippen molar-refractivity contribution in [2.45, 2.75) is 25.3 Å². The number of thiophene rings is 1. The average Bonchev–Trinajstić information content (AvgIpc) is 2.75. The van der Waals surface area contributed by atoms with E-state index < -0.39 is 12.3 Å². The summed E-state index contributed by atoms with van der Waals surface area (Å²) in [5.41, 5.74) is 0.702. The molecule has 1 aromatic carbocycles. The van der Waals surface area contributed by atoms with Crippen molar-refractivity contribution in [3.05, 3.63) is 35.2 Å². The maximum atomic E-state index is 13.1. The number of benzene rings is 1. The van der Waals surface area contributed by atoms with Gasteiger partial charge in [0.2, 0.25) is 6.43 Å². The van der Waals surface area contributed by atoms with Crippen molar-refractivity contribution < 1.29 is 8.78 Å². The van der Waals surface area contributed by atoms with E-state index in [-0.39, 0.29) is 6.04 Å². The monoisotopic (exact) mass is 255 g/mol. The van der Waals surface area contributed by atoms with Crippen LogP contribution in [0.1, 0.15) is 18.4 Å². The van der Waals surface area contributed by atoms with Crippen LogP contribution in [0.25, 0.3) is 10.1 Å². The second-order valence-corrected chi connectivity index (χ2v) is 5.10. The minimum absolute atomic E-state index is 0.244. The highest BCUT2D eigenvalue weighted by atomic mass is 32.1. The molecular weight excluding hydrogens is 240 g/mol. The van der Waals surface area contributed by atoms with Gasteiger partial charge in [0.1, 0.15) is 0 Å². The lowest BCUT2D eigenvalue weighted by molar-refractivity contribution is 0.0995. The number of fused-ring (bicyclic) bond motifs is 1. The first kappa shape index (κ1) is 12.5. The Morgan fingerprint density at radius 2 is 2.00 bits per heavy atom. The highest BCUT2D eigenvalue weighted by Crippen LogP contribution is 2.30. The summed E-state index contributed by atoms with van der Waals surface area (Å²) >= 11 is 1.63. The quantitative estimate of drug-likeness (QED) is 0.874. The maximum absolute atomic E-state index is 13.1. The van der Waals surface area contributed by atoms with Gasteiger partial charge >= 0.3 is 0 Å². The lowest BCUT2D eigenvalue weighted by atomic mass is 9.92. The zero-order chi connectivity index (χ0) is 12.4. The Kier molecular flexibility index (Phi) is 3.74. The zero-order valence-electron chi connectivity index (χ0n) is 9.78. The van der Waals surface area contributed by atoms with E-state index in [9.17, 15) is 8.78 Å². The molecule has 0 spiro atoms. The van der Waals surface area contributed by atoms with E-state index in [4.69, 9.17) is 0 Å². The Labute approximate surface area is 103 Å². The van der Waals surface area contributed by atoms with Gasteiger partial charge < -0.3 is 5.32 Å². The van der Waals surface area contributed by atoms with Crippen molar-refractivity contribution in [1.29, 1.82) is 0 Å². The molecule has 2 unspecified atom stereocenters. The second-order valence-electron chi connectivity index (χ2n) is 4.16. The highest BCUT2D eigenvalue weighted by Gasteiger charge is 2.27. The van der Waals surface area contributed by atoms with Gasteiger partial charge in [0.25, 0.3) is 0 Å². The third-order valence-corrected chi connectivity index (χ3v) is 4.02. The summed E-state index contributed by atoms with van der Waals surface area (Å²) in [5, 5.41) is 5.93. The third kappa shape index (κ3) is 2.48. The number of rotatable bonds is 4. The summed E-state index contributed by atoms with van der Waals surface area (Å²) in [6.45, 7) is 1.79. The fourth-order valence-electron chi connectivity index (χ4n) is 2.02. The minimum Gasteiger partial charge on any atom is -0.316 e. The molecule has 17 heavy (non-hydrogen) atoms. The van der Waals surface area contributed by atoms with Gasteiger partial charge in [-0.15, -0.1) is 11.3 Å². The van der Waals surface area contributed by atoms with Crippen molar-refractivity contribution in [1.82, 2.24) is 5.32 Å². The largest absolute Gasteiger partial charge is 0.316 e. The van der Waals surface area contributed by atoms with Crippen LogP contribution in [-0.2, 0) is 0 Å².